The molecule has 0 radical (unpaired) electrons. The van der Waals surface area contributed by atoms with Crippen molar-refractivity contribution in [2.24, 2.45) is 0 Å². The fourth-order valence-electron chi connectivity index (χ4n) is 3.83. The van der Waals surface area contributed by atoms with E-state index in [4.69, 9.17) is 16.3 Å². The number of hydrogen-bond donors (Lipinski definition) is 1. The smallest absolute Gasteiger partial charge is 0.378 e. The van der Waals surface area contributed by atoms with E-state index >= 15 is 0 Å². The van der Waals surface area contributed by atoms with Crippen molar-refractivity contribution in [1.82, 2.24) is 19.5 Å². The summed E-state index contributed by atoms with van der Waals surface area (Å²) in [5.74, 6) is 0.445. The normalized spacial score (nSPS) is 14.5. The Labute approximate surface area is 198 Å². The van der Waals surface area contributed by atoms with Crippen LogP contribution < -0.4 is 10.2 Å². The number of nitrogens with zero attached hydrogens (tertiary/aromatic N) is 5. The van der Waals surface area contributed by atoms with Crippen molar-refractivity contribution < 1.29 is 17.9 Å². The summed E-state index contributed by atoms with van der Waals surface area (Å²) in [4.78, 5) is 15.2. The molecule has 0 aliphatic carbocycles. The van der Waals surface area contributed by atoms with Crippen molar-refractivity contribution in [3.63, 3.8) is 0 Å². The maximum absolute atomic E-state index is 12.8. The third-order valence-corrected chi connectivity index (χ3v) is 5.75. The van der Waals surface area contributed by atoms with Gasteiger partial charge in [-0.3, -0.25) is 0 Å². The molecule has 3 heterocycles. The number of ether oxygens (including phenoxy) is 1. The Balaban J connectivity index is 1.37. The largest absolute Gasteiger partial charge is 0.416 e. The predicted octanol–water partition coefficient (Wildman–Crippen LogP) is 5.13. The van der Waals surface area contributed by atoms with E-state index < -0.39 is 11.7 Å². The number of rotatable bonds is 5. The van der Waals surface area contributed by atoms with E-state index in [0.29, 0.717) is 35.8 Å². The Morgan fingerprint density at radius 1 is 0.971 bits per heavy atom. The van der Waals surface area contributed by atoms with Gasteiger partial charge in [0.05, 0.1) is 31.6 Å². The van der Waals surface area contributed by atoms with Gasteiger partial charge in [0, 0.05) is 24.5 Å². The zero-order chi connectivity index (χ0) is 23.7. The van der Waals surface area contributed by atoms with Gasteiger partial charge in [0.2, 0.25) is 5.28 Å². The third kappa shape index (κ3) is 4.78. The Kier molecular flexibility index (Phi) is 6.01. The molecule has 1 N–H and O–H groups in total. The number of alkyl halides is 3. The van der Waals surface area contributed by atoms with E-state index in [1.165, 1.54) is 12.1 Å². The second kappa shape index (κ2) is 9.11. The highest BCUT2D eigenvalue weighted by Gasteiger charge is 2.30. The van der Waals surface area contributed by atoms with Crippen LogP contribution in [0.15, 0.2) is 54.9 Å². The zero-order valence-electron chi connectivity index (χ0n) is 17.9. The van der Waals surface area contributed by atoms with E-state index in [2.05, 4.69) is 25.2 Å². The highest BCUT2D eigenvalue weighted by Crippen LogP contribution is 2.30. The SMILES string of the molecule is FC(F)(F)c1ccc(Cn2cnc3c(Nc4ccc(N5CCOCC5)cc4)nc(Cl)nc32)cc1. The Bertz CT molecular complexity index is 1290. The number of imidazole rings is 1. The number of fused-ring (bicyclic) bond motifs is 1. The van der Waals surface area contributed by atoms with Crippen LogP contribution in [0.4, 0.5) is 30.4 Å². The first-order valence-electron chi connectivity index (χ1n) is 10.6. The first-order valence-corrected chi connectivity index (χ1v) is 11.0. The first kappa shape index (κ1) is 22.4. The van der Waals surface area contributed by atoms with Crippen LogP contribution in [-0.4, -0.2) is 45.8 Å². The van der Waals surface area contributed by atoms with E-state index in [1.807, 2.05) is 24.3 Å². The maximum atomic E-state index is 12.8. The first-order chi connectivity index (χ1) is 16.4. The summed E-state index contributed by atoms with van der Waals surface area (Å²) in [6, 6.07) is 12.9. The van der Waals surface area contributed by atoms with Gasteiger partial charge in [-0.05, 0) is 53.6 Å². The molecule has 176 valence electrons. The number of anilines is 3. The molecule has 0 unspecified atom stereocenters. The van der Waals surface area contributed by atoms with Gasteiger partial charge in [-0.2, -0.15) is 23.1 Å². The molecule has 4 aromatic rings. The molecule has 1 saturated heterocycles. The Morgan fingerprint density at radius 2 is 1.68 bits per heavy atom. The average Bonchev–Trinajstić information content (AvgIpc) is 3.22. The van der Waals surface area contributed by atoms with Crippen LogP contribution in [-0.2, 0) is 17.5 Å². The molecule has 0 atom stereocenters. The summed E-state index contributed by atoms with van der Waals surface area (Å²) in [7, 11) is 0. The van der Waals surface area contributed by atoms with E-state index in [9.17, 15) is 13.2 Å². The third-order valence-electron chi connectivity index (χ3n) is 5.58. The monoisotopic (exact) mass is 488 g/mol. The summed E-state index contributed by atoms with van der Waals surface area (Å²) in [6.45, 7) is 3.42. The van der Waals surface area contributed by atoms with Gasteiger partial charge in [-0.1, -0.05) is 12.1 Å². The van der Waals surface area contributed by atoms with Gasteiger partial charge in [0.15, 0.2) is 17.0 Å². The molecule has 11 heteroatoms. The summed E-state index contributed by atoms with van der Waals surface area (Å²) in [5.41, 5.74) is 2.89. The maximum Gasteiger partial charge on any atom is 0.416 e. The molecule has 2 aromatic heterocycles. The highest BCUT2D eigenvalue weighted by molar-refractivity contribution is 6.28. The number of benzene rings is 2. The number of aromatic nitrogens is 4. The fraction of sp³-hybridized carbons (Fsp3) is 0.261. The molecular weight excluding hydrogens is 469 g/mol. The number of nitrogens with one attached hydrogen (secondary N) is 1. The second-order valence-corrected chi connectivity index (χ2v) is 8.19. The minimum Gasteiger partial charge on any atom is -0.378 e. The topological polar surface area (TPSA) is 68.1 Å². The molecular formula is C23H20ClF3N6O. The summed E-state index contributed by atoms with van der Waals surface area (Å²) in [5, 5.41) is 3.28. The Hall–Kier alpha value is -3.37. The van der Waals surface area contributed by atoms with Gasteiger partial charge in [0.25, 0.3) is 0 Å². The molecule has 7 nitrogen and oxygen atoms in total. The van der Waals surface area contributed by atoms with Crippen molar-refractivity contribution in [3.05, 3.63) is 71.3 Å². The van der Waals surface area contributed by atoms with Crippen molar-refractivity contribution in [2.75, 3.05) is 36.5 Å². The van der Waals surface area contributed by atoms with Crippen molar-refractivity contribution in [1.29, 1.82) is 0 Å². The van der Waals surface area contributed by atoms with Gasteiger partial charge in [0.1, 0.15) is 0 Å². The molecule has 34 heavy (non-hydrogen) atoms. The van der Waals surface area contributed by atoms with E-state index in [1.54, 1.807) is 10.9 Å². The molecule has 0 saturated carbocycles. The number of halogens is 4. The molecule has 1 fully saturated rings. The van der Waals surface area contributed by atoms with Crippen LogP contribution in [0.25, 0.3) is 11.2 Å². The summed E-state index contributed by atoms with van der Waals surface area (Å²) < 4.78 is 45.6. The van der Waals surface area contributed by atoms with Gasteiger partial charge < -0.3 is 19.5 Å². The lowest BCUT2D eigenvalue weighted by Crippen LogP contribution is -2.36. The van der Waals surface area contributed by atoms with Crippen LogP contribution in [0.3, 0.4) is 0 Å². The lowest BCUT2D eigenvalue weighted by Gasteiger charge is -2.28. The van der Waals surface area contributed by atoms with Crippen molar-refractivity contribution >= 4 is 40.0 Å². The molecule has 5 rings (SSSR count). The molecule has 0 bridgehead atoms. The minimum atomic E-state index is -4.37. The van der Waals surface area contributed by atoms with Crippen molar-refractivity contribution in [2.45, 2.75) is 12.7 Å². The predicted molar refractivity (Wildman–Crippen MR) is 124 cm³/mol. The summed E-state index contributed by atoms with van der Waals surface area (Å²) >= 11 is 6.17. The van der Waals surface area contributed by atoms with E-state index in [0.717, 1.165) is 36.6 Å². The van der Waals surface area contributed by atoms with Gasteiger partial charge in [-0.25, -0.2) is 4.98 Å². The van der Waals surface area contributed by atoms with Gasteiger partial charge >= 0.3 is 6.18 Å². The zero-order valence-corrected chi connectivity index (χ0v) is 18.6. The van der Waals surface area contributed by atoms with Gasteiger partial charge in [-0.15, -0.1) is 0 Å². The summed E-state index contributed by atoms with van der Waals surface area (Å²) in [6.07, 6.45) is -2.80. The minimum absolute atomic E-state index is 0.0362. The standard InChI is InChI=1S/C23H20ClF3N6O/c24-22-30-20(29-17-5-7-18(8-6-17)32-9-11-34-12-10-32)19-21(31-22)33(14-28-19)13-15-1-3-16(4-2-15)23(25,26)27/h1-8,14H,9-13H2,(H,29,30,31). The molecule has 0 amide bonds. The number of hydrogen-bond acceptors (Lipinski definition) is 6. The van der Waals surface area contributed by atoms with Crippen LogP contribution in [0.5, 0.6) is 0 Å². The quantitative estimate of drug-likeness (QED) is 0.393. The van der Waals surface area contributed by atoms with Crippen LogP contribution >= 0.6 is 11.6 Å². The Morgan fingerprint density at radius 3 is 2.35 bits per heavy atom. The highest BCUT2D eigenvalue weighted by atomic mass is 35.5. The van der Waals surface area contributed by atoms with E-state index in [-0.39, 0.29) is 11.8 Å². The lowest BCUT2D eigenvalue weighted by atomic mass is 10.1. The second-order valence-electron chi connectivity index (χ2n) is 7.85. The fourth-order valence-corrected chi connectivity index (χ4v) is 3.99. The lowest BCUT2D eigenvalue weighted by molar-refractivity contribution is -0.137. The molecule has 1 aliphatic heterocycles. The number of morpholine rings is 1. The average molecular weight is 489 g/mol. The molecule has 2 aromatic carbocycles. The van der Waals surface area contributed by atoms with Crippen LogP contribution in [0.2, 0.25) is 5.28 Å². The molecule has 1 aliphatic rings. The molecule has 0 spiro atoms. The van der Waals surface area contributed by atoms with Crippen LogP contribution in [0.1, 0.15) is 11.1 Å². The van der Waals surface area contributed by atoms with Crippen LogP contribution in [0, 0.1) is 0 Å². The van der Waals surface area contributed by atoms with Crippen molar-refractivity contribution in [3.8, 4) is 0 Å².